The zero-order valence-corrected chi connectivity index (χ0v) is 14.3. The van der Waals surface area contributed by atoms with Gasteiger partial charge in [-0.1, -0.05) is 46.5 Å². The van der Waals surface area contributed by atoms with Crippen molar-refractivity contribution in [3.05, 3.63) is 0 Å². The molecule has 3 unspecified atom stereocenters. The number of hydrogen-bond donors (Lipinski definition) is 1. The minimum Gasteiger partial charge on any atom is -0.313 e. The molecule has 120 valence electrons. The topological polar surface area (TPSA) is 46.2 Å². The SMILES string of the molecule is CCCCCS(=O)(=O)C1CC(CCC)CCC1NCC. The lowest BCUT2D eigenvalue weighted by molar-refractivity contribution is 0.282. The van der Waals surface area contributed by atoms with Gasteiger partial charge in [0.15, 0.2) is 9.84 Å². The molecule has 0 radical (unpaired) electrons. The van der Waals surface area contributed by atoms with Gasteiger partial charge in [-0.05, 0) is 38.1 Å². The summed E-state index contributed by atoms with van der Waals surface area (Å²) in [5.41, 5.74) is 0. The second-order valence-corrected chi connectivity index (χ2v) is 8.58. The van der Waals surface area contributed by atoms with Crippen LogP contribution in [-0.4, -0.2) is 32.0 Å². The molecule has 1 aliphatic rings. The molecule has 3 atom stereocenters. The van der Waals surface area contributed by atoms with Gasteiger partial charge in [-0.2, -0.15) is 0 Å². The van der Waals surface area contributed by atoms with Crippen molar-refractivity contribution in [1.29, 1.82) is 0 Å². The summed E-state index contributed by atoms with van der Waals surface area (Å²) in [7, 11) is -2.94. The summed E-state index contributed by atoms with van der Waals surface area (Å²) in [6, 6.07) is 0.180. The Labute approximate surface area is 125 Å². The molecule has 20 heavy (non-hydrogen) atoms. The molecule has 0 aliphatic heterocycles. The highest BCUT2D eigenvalue weighted by molar-refractivity contribution is 7.92. The maximum Gasteiger partial charge on any atom is 0.154 e. The fourth-order valence-electron chi connectivity index (χ4n) is 3.48. The predicted octanol–water partition coefficient (Wildman–Crippen LogP) is 3.54. The molecule has 0 saturated heterocycles. The van der Waals surface area contributed by atoms with E-state index in [0.29, 0.717) is 11.7 Å². The van der Waals surface area contributed by atoms with Crippen LogP contribution in [0.5, 0.6) is 0 Å². The van der Waals surface area contributed by atoms with Gasteiger partial charge in [0.25, 0.3) is 0 Å². The van der Waals surface area contributed by atoms with Gasteiger partial charge in [-0.3, -0.25) is 0 Å². The molecule has 0 heterocycles. The van der Waals surface area contributed by atoms with Crippen LogP contribution in [0, 0.1) is 5.92 Å². The maximum absolute atomic E-state index is 12.7. The summed E-state index contributed by atoms with van der Waals surface area (Å²) in [6.45, 7) is 7.25. The number of nitrogens with one attached hydrogen (secondary N) is 1. The largest absolute Gasteiger partial charge is 0.313 e. The van der Waals surface area contributed by atoms with Gasteiger partial charge in [0.1, 0.15) is 0 Å². The van der Waals surface area contributed by atoms with Crippen LogP contribution >= 0.6 is 0 Å². The zero-order chi connectivity index (χ0) is 15.0. The van der Waals surface area contributed by atoms with E-state index in [2.05, 4.69) is 26.1 Å². The van der Waals surface area contributed by atoms with Crippen LogP contribution in [0.1, 0.15) is 72.1 Å². The van der Waals surface area contributed by atoms with Crippen molar-refractivity contribution in [3.8, 4) is 0 Å². The van der Waals surface area contributed by atoms with Crippen LogP contribution in [0.3, 0.4) is 0 Å². The third kappa shape index (κ3) is 5.36. The smallest absolute Gasteiger partial charge is 0.154 e. The van der Waals surface area contributed by atoms with E-state index in [0.717, 1.165) is 38.6 Å². The van der Waals surface area contributed by atoms with E-state index in [1.54, 1.807) is 0 Å². The van der Waals surface area contributed by atoms with E-state index < -0.39 is 9.84 Å². The van der Waals surface area contributed by atoms with E-state index in [4.69, 9.17) is 0 Å². The predicted molar refractivity (Wildman–Crippen MR) is 86.8 cm³/mol. The van der Waals surface area contributed by atoms with Crippen LogP contribution < -0.4 is 5.32 Å². The minimum absolute atomic E-state index is 0.149. The Balaban J connectivity index is 2.71. The van der Waals surface area contributed by atoms with Crippen LogP contribution in [0.15, 0.2) is 0 Å². The first kappa shape index (κ1) is 18.0. The molecule has 4 heteroatoms. The van der Waals surface area contributed by atoms with Crippen LogP contribution in [-0.2, 0) is 9.84 Å². The highest BCUT2D eigenvalue weighted by Crippen LogP contribution is 2.32. The summed E-state index contributed by atoms with van der Waals surface area (Å²) in [5, 5.41) is 3.27. The molecule has 0 amide bonds. The van der Waals surface area contributed by atoms with Crippen molar-refractivity contribution in [3.63, 3.8) is 0 Å². The van der Waals surface area contributed by atoms with Gasteiger partial charge < -0.3 is 5.32 Å². The molecule has 1 aliphatic carbocycles. The Hall–Kier alpha value is -0.0900. The molecule has 0 aromatic rings. The average Bonchev–Trinajstić information content (AvgIpc) is 2.41. The van der Waals surface area contributed by atoms with E-state index in [-0.39, 0.29) is 11.3 Å². The van der Waals surface area contributed by atoms with Crippen molar-refractivity contribution in [2.75, 3.05) is 12.3 Å². The molecular formula is C16H33NO2S. The monoisotopic (exact) mass is 303 g/mol. The molecule has 0 aromatic heterocycles. The Morgan fingerprint density at radius 1 is 1.05 bits per heavy atom. The summed E-state index contributed by atoms with van der Waals surface area (Å²) >= 11 is 0. The second-order valence-electron chi connectivity index (χ2n) is 6.24. The lowest BCUT2D eigenvalue weighted by Crippen LogP contribution is -2.48. The number of sulfone groups is 1. The lowest BCUT2D eigenvalue weighted by atomic mass is 9.83. The van der Waals surface area contributed by atoms with Crippen molar-refractivity contribution >= 4 is 9.84 Å². The minimum atomic E-state index is -2.94. The number of hydrogen-bond acceptors (Lipinski definition) is 3. The molecule has 0 aromatic carbocycles. The molecule has 1 N–H and O–H groups in total. The molecular weight excluding hydrogens is 270 g/mol. The summed E-state index contributed by atoms with van der Waals surface area (Å²) in [4.78, 5) is 0. The van der Waals surface area contributed by atoms with Crippen LogP contribution in [0.2, 0.25) is 0 Å². The lowest BCUT2D eigenvalue weighted by Gasteiger charge is -2.36. The first-order chi connectivity index (χ1) is 9.55. The third-order valence-electron chi connectivity index (χ3n) is 4.56. The van der Waals surface area contributed by atoms with Gasteiger partial charge >= 0.3 is 0 Å². The van der Waals surface area contributed by atoms with Crippen LogP contribution in [0.25, 0.3) is 0 Å². The number of unbranched alkanes of at least 4 members (excludes halogenated alkanes) is 2. The Kier molecular flexibility index (Phi) is 8.11. The van der Waals surface area contributed by atoms with E-state index >= 15 is 0 Å². The zero-order valence-electron chi connectivity index (χ0n) is 13.5. The van der Waals surface area contributed by atoms with Gasteiger partial charge in [0.2, 0.25) is 0 Å². The fraction of sp³-hybridized carbons (Fsp3) is 1.00. The Morgan fingerprint density at radius 3 is 2.40 bits per heavy atom. The van der Waals surface area contributed by atoms with E-state index in [1.165, 1.54) is 19.3 Å². The maximum atomic E-state index is 12.7. The first-order valence-electron chi connectivity index (χ1n) is 8.50. The normalized spacial score (nSPS) is 27.6. The van der Waals surface area contributed by atoms with Crippen molar-refractivity contribution in [2.45, 2.75) is 83.4 Å². The van der Waals surface area contributed by atoms with Crippen LogP contribution in [0.4, 0.5) is 0 Å². The number of rotatable bonds is 9. The van der Waals surface area contributed by atoms with Gasteiger partial charge in [-0.15, -0.1) is 0 Å². The van der Waals surface area contributed by atoms with Crippen molar-refractivity contribution in [1.82, 2.24) is 5.32 Å². The fourth-order valence-corrected chi connectivity index (χ4v) is 5.69. The molecule has 1 fully saturated rings. The molecule has 1 rings (SSSR count). The highest BCUT2D eigenvalue weighted by atomic mass is 32.2. The summed E-state index contributed by atoms with van der Waals surface area (Å²) in [5.74, 6) is 0.993. The van der Waals surface area contributed by atoms with Crippen molar-refractivity contribution < 1.29 is 8.42 Å². The standard InChI is InChI=1S/C16H33NO2S/c1-4-7-8-12-20(18,19)16-13-14(9-5-2)10-11-15(16)17-6-3/h14-17H,4-13H2,1-3H3. The average molecular weight is 304 g/mol. The highest BCUT2D eigenvalue weighted by Gasteiger charge is 2.37. The van der Waals surface area contributed by atoms with Gasteiger partial charge in [0.05, 0.1) is 11.0 Å². The first-order valence-corrected chi connectivity index (χ1v) is 10.2. The van der Waals surface area contributed by atoms with Crippen molar-refractivity contribution in [2.24, 2.45) is 5.92 Å². The van der Waals surface area contributed by atoms with Gasteiger partial charge in [0, 0.05) is 6.04 Å². The molecule has 0 bridgehead atoms. The third-order valence-corrected chi connectivity index (χ3v) is 6.86. The molecule has 0 spiro atoms. The molecule has 1 saturated carbocycles. The Morgan fingerprint density at radius 2 is 1.80 bits per heavy atom. The van der Waals surface area contributed by atoms with E-state index in [1.807, 2.05) is 0 Å². The summed E-state index contributed by atoms with van der Waals surface area (Å²) in [6.07, 6.45) is 8.36. The summed E-state index contributed by atoms with van der Waals surface area (Å²) < 4.78 is 25.3. The quantitative estimate of drug-likeness (QED) is 0.663. The van der Waals surface area contributed by atoms with Gasteiger partial charge in [-0.25, -0.2) is 8.42 Å². The van der Waals surface area contributed by atoms with E-state index in [9.17, 15) is 8.42 Å². The Bertz CT molecular complexity index is 353. The molecule has 3 nitrogen and oxygen atoms in total. The second kappa shape index (κ2) is 9.04.